The predicted molar refractivity (Wildman–Crippen MR) is 113 cm³/mol. The lowest BCUT2D eigenvalue weighted by Crippen LogP contribution is -2.27. The highest BCUT2D eigenvalue weighted by atomic mass is 32.2. The number of aryl methyl sites for hydroxylation is 2. The van der Waals surface area contributed by atoms with Gasteiger partial charge in [0.05, 0.1) is 19.1 Å². The monoisotopic (exact) mass is 405 g/mol. The van der Waals surface area contributed by atoms with Gasteiger partial charge in [0.1, 0.15) is 11.5 Å². The normalized spacial score (nSPS) is 12.9. The minimum absolute atomic E-state index is 0.243. The van der Waals surface area contributed by atoms with Gasteiger partial charge in [0.15, 0.2) is 0 Å². The first kappa shape index (κ1) is 22.2. The Morgan fingerprint density at radius 1 is 0.964 bits per heavy atom. The largest absolute Gasteiger partial charge is 0.496 e. The standard InChI is InChI=1S/C22H31NO4S/c1-8-17-12-18(9-10-21(17)26-6)28(24,25)23-16(5)20-13-19(14(2)3)22(27-7)11-15(20)4/h9-14,16,23H,8H2,1-7H3/t16-/m1/s1. The fourth-order valence-electron chi connectivity index (χ4n) is 3.37. The van der Waals surface area contributed by atoms with Gasteiger partial charge in [0, 0.05) is 6.04 Å². The summed E-state index contributed by atoms with van der Waals surface area (Å²) in [5, 5.41) is 0. The second-order valence-corrected chi connectivity index (χ2v) is 8.99. The van der Waals surface area contributed by atoms with E-state index in [0.29, 0.717) is 12.2 Å². The van der Waals surface area contributed by atoms with E-state index in [-0.39, 0.29) is 16.9 Å². The third-order valence-corrected chi connectivity index (χ3v) is 6.52. The molecule has 1 atom stereocenters. The van der Waals surface area contributed by atoms with Crippen LogP contribution in [0.15, 0.2) is 35.2 Å². The number of ether oxygens (including phenoxy) is 2. The minimum atomic E-state index is -3.67. The third-order valence-electron chi connectivity index (χ3n) is 4.98. The van der Waals surface area contributed by atoms with Crippen molar-refractivity contribution in [3.8, 4) is 11.5 Å². The fraction of sp³-hybridized carbons (Fsp3) is 0.455. The summed E-state index contributed by atoms with van der Waals surface area (Å²) in [6.45, 7) is 9.99. The van der Waals surface area contributed by atoms with Gasteiger partial charge in [-0.05, 0) is 78.8 Å². The summed E-state index contributed by atoms with van der Waals surface area (Å²) < 4.78 is 39.5. The molecule has 2 aromatic rings. The van der Waals surface area contributed by atoms with Crippen molar-refractivity contribution in [2.75, 3.05) is 14.2 Å². The summed E-state index contributed by atoms with van der Waals surface area (Å²) in [5.41, 5.74) is 3.85. The Morgan fingerprint density at radius 2 is 1.61 bits per heavy atom. The van der Waals surface area contributed by atoms with E-state index in [4.69, 9.17) is 9.47 Å². The number of rotatable bonds is 8. The van der Waals surface area contributed by atoms with Gasteiger partial charge in [-0.1, -0.05) is 20.8 Å². The van der Waals surface area contributed by atoms with Crippen LogP contribution in [0.2, 0.25) is 0 Å². The fourth-order valence-corrected chi connectivity index (χ4v) is 4.65. The van der Waals surface area contributed by atoms with Crippen molar-refractivity contribution in [3.05, 3.63) is 52.6 Å². The Balaban J connectivity index is 2.38. The first-order chi connectivity index (χ1) is 13.1. The molecule has 0 bridgehead atoms. The van der Waals surface area contributed by atoms with E-state index in [1.807, 2.05) is 32.9 Å². The molecule has 0 saturated heterocycles. The van der Waals surface area contributed by atoms with E-state index in [0.717, 1.165) is 28.0 Å². The second kappa shape index (κ2) is 8.97. The molecule has 2 rings (SSSR count). The van der Waals surface area contributed by atoms with Gasteiger partial charge in [0.25, 0.3) is 0 Å². The molecule has 5 nitrogen and oxygen atoms in total. The average molecular weight is 406 g/mol. The highest BCUT2D eigenvalue weighted by molar-refractivity contribution is 7.89. The molecule has 28 heavy (non-hydrogen) atoms. The van der Waals surface area contributed by atoms with Crippen LogP contribution in [0.4, 0.5) is 0 Å². The Labute approximate surface area is 169 Å². The molecule has 0 aliphatic rings. The Bertz CT molecular complexity index is 936. The molecule has 0 radical (unpaired) electrons. The van der Waals surface area contributed by atoms with Crippen LogP contribution >= 0.6 is 0 Å². The summed E-state index contributed by atoms with van der Waals surface area (Å²) in [7, 11) is -0.428. The maximum Gasteiger partial charge on any atom is 0.241 e. The first-order valence-electron chi connectivity index (χ1n) is 9.52. The van der Waals surface area contributed by atoms with Crippen LogP contribution in [-0.2, 0) is 16.4 Å². The molecule has 0 spiro atoms. The molecular weight excluding hydrogens is 374 g/mol. The molecule has 0 unspecified atom stereocenters. The average Bonchev–Trinajstić information content (AvgIpc) is 2.66. The summed E-state index contributed by atoms with van der Waals surface area (Å²) in [5.74, 6) is 1.79. The first-order valence-corrected chi connectivity index (χ1v) is 11.0. The van der Waals surface area contributed by atoms with Crippen molar-refractivity contribution in [2.45, 2.75) is 57.9 Å². The van der Waals surface area contributed by atoms with Crippen LogP contribution in [-0.4, -0.2) is 22.6 Å². The molecule has 0 amide bonds. The summed E-state index contributed by atoms with van der Waals surface area (Å²) in [4.78, 5) is 0.243. The zero-order valence-electron chi connectivity index (χ0n) is 17.8. The molecular formula is C22H31NO4S. The number of benzene rings is 2. The number of sulfonamides is 1. The number of hydrogen-bond acceptors (Lipinski definition) is 4. The summed E-state index contributed by atoms with van der Waals surface area (Å²) >= 11 is 0. The van der Waals surface area contributed by atoms with Crippen LogP contribution in [0.3, 0.4) is 0 Å². The van der Waals surface area contributed by atoms with Crippen molar-refractivity contribution >= 4 is 10.0 Å². The maximum atomic E-state index is 13.0. The van der Waals surface area contributed by atoms with Crippen LogP contribution in [0.1, 0.15) is 61.9 Å². The lowest BCUT2D eigenvalue weighted by Gasteiger charge is -2.21. The quantitative estimate of drug-likeness (QED) is 0.689. The van der Waals surface area contributed by atoms with Gasteiger partial charge < -0.3 is 9.47 Å². The lowest BCUT2D eigenvalue weighted by atomic mass is 9.94. The van der Waals surface area contributed by atoms with Gasteiger partial charge in [-0.15, -0.1) is 0 Å². The van der Waals surface area contributed by atoms with E-state index in [1.165, 1.54) is 0 Å². The smallest absolute Gasteiger partial charge is 0.241 e. The van der Waals surface area contributed by atoms with Crippen LogP contribution in [0.5, 0.6) is 11.5 Å². The minimum Gasteiger partial charge on any atom is -0.496 e. The molecule has 2 aromatic carbocycles. The number of methoxy groups -OCH3 is 2. The van der Waals surface area contributed by atoms with Crippen LogP contribution in [0, 0.1) is 6.92 Å². The number of nitrogens with one attached hydrogen (secondary N) is 1. The third kappa shape index (κ3) is 4.67. The molecule has 0 saturated carbocycles. The lowest BCUT2D eigenvalue weighted by molar-refractivity contribution is 0.406. The predicted octanol–water partition coefficient (Wildman–Crippen LogP) is 4.74. The van der Waals surface area contributed by atoms with E-state index >= 15 is 0 Å². The summed E-state index contributed by atoms with van der Waals surface area (Å²) in [6, 6.07) is 8.59. The van der Waals surface area contributed by atoms with Gasteiger partial charge in [-0.3, -0.25) is 0 Å². The zero-order valence-corrected chi connectivity index (χ0v) is 18.6. The molecule has 6 heteroatoms. The van der Waals surface area contributed by atoms with Crippen molar-refractivity contribution in [1.82, 2.24) is 4.72 Å². The molecule has 0 heterocycles. The Hall–Kier alpha value is -2.05. The van der Waals surface area contributed by atoms with Gasteiger partial charge >= 0.3 is 0 Å². The molecule has 0 fully saturated rings. The van der Waals surface area contributed by atoms with Gasteiger partial charge in [-0.2, -0.15) is 0 Å². The van der Waals surface area contributed by atoms with Gasteiger partial charge in [-0.25, -0.2) is 13.1 Å². The second-order valence-electron chi connectivity index (χ2n) is 7.28. The van der Waals surface area contributed by atoms with Gasteiger partial charge in [0.2, 0.25) is 10.0 Å². The topological polar surface area (TPSA) is 64.6 Å². The van der Waals surface area contributed by atoms with Crippen LogP contribution in [0.25, 0.3) is 0 Å². The number of hydrogen-bond donors (Lipinski definition) is 1. The molecule has 154 valence electrons. The molecule has 0 aliphatic heterocycles. The van der Waals surface area contributed by atoms with E-state index in [1.54, 1.807) is 32.4 Å². The highest BCUT2D eigenvalue weighted by Gasteiger charge is 2.22. The van der Waals surface area contributed by atoms with Crippen molar-refractivity contribution in [1.29, 1.82) is 0 Å². The van der Waals surface area contributed by atoms with E-state index in [2.05, 4.69) is 18.6 Å². The Kier molecular flexibility index (Phi) is 7.12. The SMILES string of the molecule is CCc1cc(S(=O)(=O)N[C@H](C)c2cc(C(C)C)c(OC)cc2C)ccc1OC. The van der Waals surface area contributed by atoms with Crippen molar-refractivity contribution < 1.29 is 17.9 Å². The van der Waals surface area contributed by atoms with E-state index in [9.17, 15) is 8.42 Å². The Morgan fingerprint density at radius 3 is 2.14 bits per heavy atom. The maximum absolute atomic E-state index is 13.0. The molecule has 0 aliphatic carbocycles. The van der Waals surface area contributed by atoms with Crippen molar-refractivity contribution in [2.24, 2.45) is 0 Å². The molecule has 1 N–H and O–H groups in total. The van der Waals surface area contributed by atoms with E-state index < -0.39 is 10.0 Å². The summed E-state index contributed by atoms with van der Waals surface area (Å²) in [6.07, 6.45) is 0.692. The molecule has 0 aromatic heterocycles. The van der Waals surface area contributed by atoms with Crippen LogP contribution < -0.4 is 14.2 Å². The zero-order chi connectivity index (χ0) is 21.1. The highest BCUT2D eigenvalue weighted by Crippen LogP contribution is 2.32. The van der Waals surface area contributed by atoms with Crippen molar-refractivity contribution in [3.63, 3.8) is 0 Å².